The molecule has 0 spiro atoms. The Morgan fingerprint density at radius 2 is 1.91 bits per heavy atom. The molecule has 0 radical (unpaired) electrons. The third-order valence-electron chi connectivity index (χ3n) is 3.38. The van der Waals surface area contributed by atoms with Crippen LogP contribution in [0.5, 0.6) is 0 Å². The van der Waals surface area contributed by atoms with E-state index in [-0.39, 0.29) is 12.3 Å². The van der Waals surface area contributed by atoms with Crippen LogP contribution in [0.15, 0.2) is 57.5 Å². The largest absolute Gasteiger partial charge is 0.391 e. The van der Waals surface area contributed by atoms with Gasteiger partial charge in [0.15, 0.2) is 5.76 Å². The van der Waals surface area contributed by atoms with Crippen LogP contribution in [-0.4, -0.2) is 15.2 Å². The molecule has 0 aliphatic carbocycles. The summed E-state index contributed by atoms with van der Waals surface area (Å²) in [5, 5.41) is 24.6. The molecule has 0 unspecified atom stereocenters. The zero-order valence-corrected chi connectivity index (χ0v) is 13.4. The van der Waals surface area contributed by atoms with E-state index in [0.29, 0.717) is 22.6 Å². The highest BCUT2D eigenvalue weighted by molar-refractivity contribution is 9.10. The first kappa shape index (κ1) is 15.4. The summed E-state index contributed by atoms with van der Waals surface area (Å²) >= 11 is 3.36. The van der Waals surface area contributed by atoms with Crippen molar-refractivity contribution in [2.24, 2.45) is 0 Å². The molecule has 1 aromatic heterocycles. The Kier molecular flexibility index (Phi) is 4.22. The second-order valence-electron chi connectivity index (χ2n) is 4.81. The Hall–Kier alpha value is -2.51. The molecule has 0 amide bonds. The fourth-order valence-corrected chi connectivity index (χ4v) is 2.54. The standard InChI is InChI=1S/C16H11BrN2O4/c17-12-6-4-10(5-7-12)15-14(9-20)16(23-18-15)11-2-1-3-13(8-11)19(21)22/h1-8,20H,9H2. The minimum atomic E-state index is -0.478. The Morgan fingerprint density at radius 3 is 2.57 bits per heavy atom. The number of halogens is 1. The van der Waals surface area contributed by atoms with Gasteiger partial charge in [-0.1, -0.05) is 45.4 Å². The summed E-state index contributed by atoms with van der Waals surface area (Å²) in [6.45, 7) is -0.285. The monoisotopic (exact) mass is 374 g/mol. The van der Waals surface area contributed by atoms with Crippen molar-refractivity contribution in [3.63, 3.8) is 0 Å². The number of nitro groups is 1. The molecule has 0 bridgehead atoms. The Balaban J connectivity index is 2.10. The first-order valence-corrected chi connectivity index (χ1v) is 7.49. The number of hydrogen-bond acceptors (Lipinski definition) is 5. The highest BCUT2D eigenvalue weighted by Crippen LogP contribution is 2.34. The molecule has 0 aliphatic rings. The molecule has 23 heavy (non-hydrogen) atoms. The summed E-state index contributed by atoms with van der Waals surface area (Å²) in [6, 6.07) is 13.4. The minimum Gasteiger partial charge on any atom is -0.391 e. The Bertz CT molecular complexity index is 859. The highest BCUT2D eigenvalue weighted by atomic mass is 79.9. The lowest BCUT2D eigenvalue weighted by Gasteiger charge is -2.02. The zero-order chi connectivity index (χ0) is 16.4. The van der Waals surface area contributed by atoms with E-state index < -0.39 is 4.92 Å². The van der Waals surface area contributed by atoms with Crippen molar-refractivity contribution in [2.45, 2.75) is 6.61 Å². The van der Waals surface area contributed by atoms with Gasteiger partial charge in [-0.3, -0.25) is 10.1 Å². The minimum absolute atomic E-state index is 0.0482. The first-order chi connectivity index (χ1) is 11.1. The number of non-ortho nitro benzene ring substituents is 1. The summed E-state index contributed by atoms with van der Waals surface area (Å²) in [6.07, 6.45) is 0. The number of aliphatic hydroxyl groups is 1. The van der Waals surface area contributed by atoms with Crippen molar-refractivity contribution in [3.05, 3.63) is 68.7 Å². The number of nitro benzene ring substituents is 1. The molecule has 0 saturated heterocycles. The molecule has 2 aromatic carbocycles. The van der Waals surface area contributed by atoms with E-state index in [1.165, 1.54) is 12.1 Å². The molecular formula is C16H11BrN2O4. The van der Waals surface area contributed by atoms with Gasteiger partial charge in [0.1, 0.15) is 5.69 Å². The highest BCUT2D eigenvalue weighted by Gasteiger charge is 2.19. The second-order valence-corrected chi connectivity index (χ2v) is 5.73. The average Bonchev–Trinajstić information content (AvgIpc) is 2.99. The molecule has 0 atom stereocenters. The van der Waals surface area contributed by atoms with Crippen molar-refractivity contribution >= 4 is 21.6 Å². The third-order valence-corrected chi connectivity index (χ3v) is 3.91. The van der Waals surface area contributed by atoms with Gasteiger partial charge in [-0.25, -0.2) is 0 Å². The molecule has 0 fully saturated rings. The van der Waals surface area contributed by atoms with E-state index in [1.54, 1.807) is 12.1 Å². The molecule has 1 N–H and O–H groups in total. The van der Waals surface area contributed by atoms with Crippen LogP contribution < -0.4 is 0 Å². The Labute approximate surface area is 139 Å². The van der Waals surface area contributed by atoms with Crippen LogP contribution >= 0.6 is 15.9 Å². The van der Waals surface area contributed by atoms with Gasteiger partial charge in [0.05, 0.1) is 17.1 Å². The van der Waals surface area contributed by atoms with Crippen molar-refractivity contribution in [3.8, 4) is 22.6 Å². The first-order valence-electron chi connectivity index (χ1n) is 6.70. The van der Waals surface area contributed by atoms with E-state index in [1.807, 2.05) is 24.3 Å². The summed E-state index contributed by atoms with van der Waals surface area (Å²) in [5.74, 6) is 0.328. The van der Waals surface area contributed by atoms with Crippen LogP contribution in [0.25, 0.3) is 22.6 Å². The number of aromatic nitrogens is 1. The van der Waals surface area contributed by atoms with Gasteiger partial charge in [0.25, 0.3) is 5.69 Å². The van der Waals surface area contributed by atoms with E-state index in [0.717, 1.165) is 10.0 Å². The van der Waals surface area contributed by atoms with E-state index >= 15 is 0 Å². The van der Waals surface area contributed by atoms with E-state index in [9.17, 15) is 15.2 Å². The average molecular weight is 375 g/mol. The molecule has 0 aliphatic heterocycles. The fourth-order valence-electron chi connectivity index (χ4n) is 2.28. The summed E-state index contributed by atoms with van der Waals surface area (Å²) in [7, 11) is 0. The smallest absolute Gasteiger partial charge is 0.270 e. The summed E-state index contributed by atoms with van der Waals surface area (Å²) in [5.41, 5.74) is 2.25. The van der Waals surface area contributed by atoms with Crippen LogP contribution in [-0.2, 0) is 6.61 Å². The molecule has 0 saturated carbocycles. The molecule has 6 nitrogen and oxygen atoms in total. The maximum absolute atomic E-state index is 10.9. The van der Waals surface area contributed by atoms with Crippen LogP contribution in [0.1, 0.15) is 5.56 Å². The zero-order valence-electron chi connectivity index (χ0n) is 11.8. The Morgan fingerprint density at radius 1 is 1.17 bits per heavy atom. The van der Waals surface area contributed by atoms with Gasteiger partial charge >= 0.3 is 0 Å². The SMILES string of the molecule is O=[N+]([O-])c1cccc(-c2onc(-c3ccc(Br)cc3)c2CO)c1. The fraction of sp³-hybridized carbons (Fsp3) is 0.0625. The van der Waals surface area contributed by atoms with Gasteiger partial charge < -0.3 is 9.63 Å². The normalized spacial score (nSPS) is 10.7. The van der Waals surface area contributed by atoms with Gasteiger partial charge in [-0.05, 0) is 12.1 Å². The van der Waals surface area contributed by atoms with Crippen LogP contribution in [0.4, 0.5) is 5.69 Å². The van der Waals surface area contributed by atoms with Gasteiger partial charge in [0, 0.05) is 27.7 Å². The van der Waals surface area contributed by atoms with E-state index in [4.69, 9.17) is 4.52 Å². The van der Waals surface area contributed by atoms with Crippen molar-refractivity contribution in [2.75, 3.05) is 0 Å². The molecule has 116 valence electrons. The molecule has 7 heteroatoms. The van der Waals surface area contributed by atoms with E-state index in [2.05, 4.69) is 21.1 Å². The number of aliphatic hydroxyl groups excluding tert-OH is 1. The lowest BCUT2D eigenvalue weighted by molar-refractivity contribution is -0.384. The number of nitrogens with zero attached hydrogens (tertiary/aromatic N) is 2. The lowest BCUT2D eigenvalue weighted by Crippen LogP contribution is -1.91. The van der Waals surface area contributed by atoms with Crippen LogP contribution in [0, 0.1) is 10.1 Å². The lowest BCUT2D eigenvalue weighted by atomic mass is 10.0. The van der Waals surface area contributed by atoms with Crippen molar-refractivity contribution < 1.29 is 14.6 Å². The predicted octanol–water partition coefficient (Wildman–Crippen LogP) is 4.17. The van der Waals surface area contributed by atoms with Crippen molar-refractivity contribution in [1.29, 1.82) is 0 Å². The predicted molar refractivity (Wildman–Crippen MR) is 87.7 cm³/mol. The van der Waals surface area contributed by atoms with Gasteiger partial charge in [0.2, 0.25) is 0 Å². The number of hydrogen-bond donors (Lipinski definition) is 1. The molecular weight excluding hydrogens is 364 g/mol. The number of rotatable bonds is 4. The van der Waals surface area contributed by atoms with Crippen LogP contribution in [0.3, 0.4) is 0 Å². The van der Waals surface area contributed by atoms with Crippen molar-refractivity contribution in [1.82, 2.24) is 5.16 Å². The second kappa shape index (κ2) is 6.31. The quantitative estimate of drug-likeness (QED) is 0.546. The molecule has 3 aromatic rings. The third kappa shape index (κ3) is 3.01. The molecule has 3 rings (SSSR count). The summed E-state index contributed by atoms with van der Waals surface area (Å²) < 4.78 is 6.27. The number of benzene rings is 2. The maximum atomic E-state index is 10.9. The van der Waals surface area contributed by atoms with Gasteiger partial charge in [-0.15, -0.1) is 0 Å². The van der Waals surface area contributed by atoms with Gasteiger partial charge in [-0.2, -0.15) is 0 Å². The maximum Gasteiger partial charge on any atom is 0.270 e. The topological polar surface area (TPSA) is 89.4 Å². The summed E-state index contributed by atoms with van der Waals surface area (Å²) in [4.78, 5) is 10.4. The van der Waals surface area contributed by atoms with Crippen LogP contribution in [0.2, 0.25) is 0 Å². The molecule has 1 heterocycles.